The average molecular weight is 312 g/mol. The lowest BCUT2D eigenvalue weighted by Gasteiger charge is -2.15. The van der Waals surface area contributed by atoms with Crippen LogP contribution >= 0.6 is 0 Å². The number of anilines is 1. The standard InChI is InChI=1S/C18H20N2O3/c1-4-12(2)15-7-5-6-8-16(15)19-18(21)14-9-10-17(20(22)23)13(3)11-14/h5-12H,4H2,1-3H3,(H,19,21)/t12-/m0/s1. The molecule has 0 radical (unpaired) electrons. The van der Waals surface area contributed by atoms with Crippen LogP contribution in [0.5, 0.6) is 0 Å². The number of rotatable bonds is 5. The molecule has 0 saturated carbocycles. The quantitative estimate of drug-likeness (QED) is 0.644. The fourth-order valence-corrected chi connectivity index (χ4v) is 2.46. The lowest BCUT2D eigenvalue weighted by molar-refractivity contribution is -0.385. The summed E-state index contributed by atoms with van der Waals surface area (Å²) < 4.78 is 0. The lowest BCUT2D eigenvalue weighted by atomic mass is 9.96. The number of aryl methyl sites for hydroxylation is 1. The highest BCUT2D eigenvalue weighted by molar-refractivity contribution is 6.05. The van der Waals surface area contributed by atoms with Gasteiger partial charge in [-0.25, -0.2) is 0 Å². The number of carbonyl (C=O) groups excluding carboxylic acids is 1. The maximum Gasteiger partial charge on any atom is 0.272 e. The maximum absolute atomic E-state index is 12.4. The molecule has 1 atom stereocenters. The molecule has 0 bridgehead atoms. The molecule has 0 heterocycles. The number of nitrogens with one attached hydrogen (secondary N) is 1. The molecule has 2 rings (SSSR count). The molecule has 0 aliphatic carbocycles. The van der Waals surface area contributed by atoms with Gasteiger partial charge in [0.1, 0.15) is 0 Å². The van der Waals surface area contributed by atoms with Gasteiger partial charge in [0.05, 0.1) is 4.92 Å². The summed E-state index contributed by atoms with van der Waals surface area (Å²) in [4.78, 5) is 22.8. The first-order valence-corrected chi connectivity index (χ1v) is 7.59. The van der Waals surface area contributed by atoms with Crippen molar-refractivity contribution in [1.29, 1.82) is 0 Å². The molecule has 23 heavy (non-hydrogen) atoms. The van der Waals surface area contributed by atoms with Gasteiger partial charge >= 0.3 is 0 Å². The predicted molar refractivity (Wildman–Crippen MR) is 90.9 cm³/mol. The molecule has 0 spiro atoms. The van der Waals surface area contributed by atoms with Crippen molar-refractivity contribution in [3.8, 4) is 0 Å². The van der Waals surface area contributed by atoms with Gasteiger partial charge in [0.15, 0.2) is 0 Å². The SMILES string of the molecule is CC[C@H](C)c1ccccc1NC(=O)c1ccc([N+](=O)[O-])c(C)c1. The number of benzene rings is 2. The van der Waals surface area contributed by atoms with Crippen LogP contribution in [0.4, 0.5) is 11.4 Å². The molecular formula is C18H20N2O3. The molecule has 5 heteroatoms. The molecule has 0 aromatic heterocycles. The average Bonchev–Trinajstić information content (AvgIpc) is 2.54. The summed E-state index contributed by atoms with van der Waals surface area (Å²) in [6, 6.07) is 12.1. The van der Waals surface area contributed by atoms with E-state index >= 15 is 0 Å². The Hall–Kier alpha value is -2.69. The number of nitrogens with zero attached hydrogens (tertiary/aromatic N) is 1. The number of nitro groups is 1. The minimum atomic E-state index is -0.449. The second-order valence-electron chi connectivity index (χ2n) is 5.61. The van der Waals surface area contributed by atoms with Gasteiger partial charge in [0.25, 0.3) is 11.6 Å². The molecule has 0 aliphatic rings. The van der Waals surface area contributed by atoms with Gasteiger partial charge in [-0.15, -0.1) is 0 Å². The third kappa shape index (κ3) is 3.74. The zero-order valence-electron chi connectivity index (χ0n) is 13.5. The van der Waals surface area contributed by atoms with E-state index in [1.54, 1.807) is 13.0 Å². The van der Waals surface area contributed by atoms with E-state index in [1.165, 1.54) is 12.1 Å². The van der Waals surface area contributed by atoms with Crippen molar-refractivity contribution in [2.24, 2.45) is 0 Å². The maximum atomic E-state index is 12.4. The molecule has 0 unspecified atom stereocenters. The summed E-state index contributed by atoms with van der Waals surface area (Å²) in [6.07, 6.45) is 0.976. The molecule has 2 aromatic rings. The van der Waals surface area contributed by atoms with E-state index in [-0.39, 0.29) is 11.6 Å². The van der Waals surface area contributed by atoms with Crippen LogP contribution in [0.3, 0.4) is 0 Å². The number of hydrogen-bond donors (Lipinski definition) is 1. The van der Waals surface area contributed by atoms with Crippen LogP contribution in [0.1, 0.15) is 47.7 Å². The molecular weight excluding hydrogens is 292 g/mol. The van der Waals surface area contributed by atoms with Crippen molar-refractivity contribution in [3.05, 3.63) is 69.3 Å². The smallest absolute Gasteiger partial charge is 0.272 e. The van der Waals surface area contributed by atoms with Crippen LogP contribution in [0, 0.1) is 17.0 Å². The minimum absolute atomic E-state index is 0.0153. The summed E-state index contributed by atoms with van der Waals surface area (Å²) in [5, 5.41) is 13.8. The number of amides is 1. The highest BCUT2D eigenvalue weighted by atomic mass is 16.6. The van der Waals surface area contributed by atoms with Gasteiger partial charge in [-0.05, 0) is 43.0 Å². The van der Waals surface area contributed by atoms with Gasteiger partial charge < -0.3 is 5.32 Å². The second kappa shape index (κ2) is 7.05. The predicted octanol–water partition coefficient (Wildman–Crippen LogP) is 4.67. The van der Waals surface area contributed by atoms with E-state index < -0.39 is 4.92 Å². The molecule has 0 fully saturated rings. The van der Waals surface area contributed by atoms with Crippen molar-refractivity contribution in [3.63, 3.8) is 0 Å². The van der Waals surface area contributed by atoms with E-state index in [9.17, 15) is 14.9 Å². The summed E-state index contributed by atoms with van der Waals surface area (Å²) in [6.45, 7) is 5.84. The Kier molecular flexibility index (Phi) is 5.11. The largest absolute Gasteiger partial charge is 0.322 e. The number of para-hydroxylation sites is 1. The Bertz CT molecular complexity index is 741. The Labute approximate surface area is 135 Å². The summed E-state index contributed by atoms with van der Waals surface area (Å²) >= 11 is 0. The second-order valence-corrected chi connectivity index (χ2v) is 5.61. The normalized spacial score (nSPS) is 11.8. The van der Waals surface area contributed by atoms with Crippen LogP contribution in [0.25, 0.3) is 0 Å². The third-order valence-corrected chi connectivity index (χ3v) is 4.01. The van der Waals surface area contributed by atoms with Crippen molar-refractivity contribution >= 4 is 17.3 Å². The monoisotopic (exact) mass is 312 g/mol. The fraction of sp³-hybridized carbons (Fsp3) is 0.278. The molecule has 0 saturated heterocycles. The topological polar surface area (TPSA) is 72.2 Å². The zero-order valence-corrected chi connectivity index (χ0v) is 13.5. The van der Waals surface area contributed by atoms with E-state index in [0.29, 0.717) is 17.0 Å². The van der Waals surface area contributed by atoms with Crippen molar-refractivity contribution < 1.29 is 9.72 Å². The van der Waals surface area contributed by atoms with Crippen molar-refractivity contribution in [2.45, 2.75) is 33.1 Å². The molecule has 120 valence electrons. The van der Waals surface area contributed by atoms with Crippen molar-refractivity contribution in [2.75, 3.05) is 5.32 Å². The van der Waals surface area contributed by atoms with Crippen LogP contribution in [0.15, 0.2) is 42.5 Å². The van der Waals surface area contributed by atoms with Gasteiger partial charge in [-0.3, -0.25) is 14.9 Å². The third-order valence-electron chi connectivity index (χ3n) is 4.01. The van der Waals surface area contributed by atoms with Gasteiger partial charge in [-0.2, -0.15) is 0 Å². The first-order valence-electron chi connectivity index (χ1n) is 7.59. The van der Waals surface area contributed by atoms with E-state index in [1.807, 2.05) is 24.3 Å². The first-order chi connectivity index (χ1) is 10.9. The molecule has 0 aliphatic heterocycles. The Morgan fingerprint density at radius 2 is 1.96 bits per heavy atom. The van der Waals surface area contributed by atoms with Gasteiger partial charge in [-0.1, -0.05) is 32.0 Å². The number of nitro benzene ring substituents is 1. The minimum Gasteiger partial charge on any atom is -0.322 e. The van der Waals surface area contributed by atoms with Crippen LogP contribution in [0.2, 0.25) is 0 Å². The highest BCUT2D eigenvalue weighted by Crippen LogP contribution is 2.27. The lowest BCUT2D eigenvalue weighted by Crippen LogP contribution is -2.14. The highest BCUT2D eigenvalue weighted by Gasteiger charge is 2.15. The van der Waals surface area contributed by atoms with Crippen molar-refractivity contribution in [1.82, 2.24) is 0 Å². The van der Waals surface area contributed by atoms with Crippen LogP contribution in [-0.4, -0.2) is 10.8 Å². The van der Waals surface area contributed by atoms with E-state index in [0.717, 1.165) is 17.7 Å². The van der Waals surface area contributed by atoms with E-state index in [4.69, 9.17) is 0 Å². The summed E-state index contributed by atoms with van der Waals surface area (Å²) in [5.41, 5.74) is 2.76. The van der Waals surface area contributed by atoms with Gasteiger partial charge in [0.2, 0.25) is 0 Å². The first kappa shape index (κ1) is 16.7. The Balaban J connectivity index is 2.26. The molecule has 1 N–H and O–H groups in total. The van der Waals surface area contributed by atoms with E-state index in [2.05, 4.69) is 19.2 Å². The van der Waals surface area contributed by atoms with Gasteiger partial charge in [0, 0.05) is 22.9 Å². The number of hydrogen-bond acceptors (Lipinski definition) is 3. The Morgan fingerprint density at radius 1 is 1.26 bits per heavy atom. The summed E-state index contributed by atoms with van der Waals surface area (Å²) in [7, 11) is 0. The molecule has 1 amide bonds. The van der Waals surface area contributed by atoms with Crippen LogP contribution in [-0.2, 0) is 0 Å². The summed E-state index contributed by atoms with van der Waals surface area (Å²) in [5.74, 6) is 0.0730. The number of carbonyl (C=O) groups is 1. The fourth-order valence-electron chi connectivity index (χ4n) is 2.46. The van der Waals surface area contributed by atoms with Crippen LogP contribution < -0.4 is 5.32 Å². The molecule has 5 nitrogen and oxygen atoms in total. The zero-order chi connectivity index (χ0) is 17.0. The Morgan fingerprint density at radius 3 is 2.57 bits per heavy atom. The molecule has 2 aromatic carbocycles.